The minimum atomic E-state index is -1.17. The summed E-state index contributed by atoms with van der Waals surface area (Å²) >= 11 is 4.01. The molecule has 0 saturated carbocycles. The van der Waals surface area contributed by atoms with Gasteiger partial charge in [-0.3, -0.25) is 14.4 Å². The van der Waals surface area contributed by atoms with Gasteiger partial charge in [0.05, 0.1) is 18.9 Å². The zero-order valence-electron chi connectivity index (χ0n) is 15.6. The topological polar surface area (TPSA) is 179 Å². The summed E-state index contributed by atoms with van der Waals surface area (Å²) in [6.07, 6.45) is 3.22. The summed E-state index contributed by atoms with van der Waals surface area (Å²) < 4.78 is 0. The molecule has 1 aromatic heterocycles. The highest BCUT2D eigenvalue weighted by molar-refractivity contribution is 7.80. The lowest BCUT2D eigenvalue weighted by atomic mass is 10.0. The molecule has 0 radical (unpaired) electrons. The van der Waals surface area contributed by atoms with Crippen LogP contribution in [0.2, 0.25) is 0 Å². The van der Waals surface area contributed by atoms with Crippen LogP contribution in [0.25, 0.3) is 0 Å². The first-order valence-corrected chi connectivity index (χ1v) is 9.22. The van der Waals surface area contributed by atoms with Crippen molar-refractivity contribution >= 4 is 36.3 Å². The average molecular weight is 414 g/mol. The number of nitrogens with two attached hydrogens (primary N) is 1. The summed E-state index contributed by atoms with van der Waals surface area (Å²) in [5, 5.41) is 16.3. The molecule has 3 atom stereocenters. The number of hydrogen-bond donors (Lipinski definition) is 7. The lowest BCUT2D eigenvalue weighted by Gasteiger charge is -2.22. The van der Waals surface area contributed by atoms with E-state index < -0.39 is 41.8 Å². The number of amides is 3. The Kier molecular flexibility index (Phi) is 9.45. The zero-order valence-corrected chi connectivity index (χ0v) is 16.5. The molecule has 28 heavy (non-hydrogen) atoms. The molecule has 11 nitrogen and oxygen atoms in total. The number of carboxylic acid groups (broad SMARTS) is 1. The lowest BCUT2D eigenvalue weighted by Crippen LogP contribution is -2.55. The molecule has 1 aromatic rings. The summed E-state index contributed by atoms with van der Waals surface area (Å²) in [7, 11) is 0. The SMILES string of the molecule is CC(C)C(NC(=O)C(CS)NC(=O)CNC(=O)C(N)Cc1cnc[nH]1)C(=O)O. The molecule has 7 N–H and O–H groups in total. The Morgan fingerprint density at radius 3 is 2.43 bits per heavy atom. The molecule has 0 aliphatic heterocycles. The lowest BCUT2D eigenvalue weighted by molar-refractivity contribution is -0.143. The molecule has 0 aromatic carbocycles. The Labute approximate surface area is 167 Å². The second kappa shape index (κ2) is 11.3. The number of carboxylic acids is 1. The zero-order chi connectivity index (χ0) is 21.3. The minimum Gasteiger partial charge on any atom is -0.480 e. The third-order valence-electron chi connectivity index (χ3n) is 3.82. The fourth-order valence-electron chi connectivity index (χ4n) is 2.23. The van der Waals surface area contributed by atoms with Crippen molar-refractivity contribution in [2.45, 2.75) is 38.4 Å². The van der Waals surface area contributed by atoms with Crippen molar-refractivity contribution in [3.8, 4) is 0 Å². The number of carbonyl (C=O) groups is 4. The molecule has 1 rings (SSSR count). The van der Waals surface area contributed by atoms with Gasteiger partial charge in [0.2, 0.25) is 17.7 Å². The van der Waals surface area contributed by atoms with Crippen LogP contribution in [-0.4, -0.2) is 69.2 Å². The van der Waals surface area contributed by atoms with Gasteiger partial charge in [-0.15, -0.1) is 0 Å². The van der Waals surface area contributed by atoms with Gasteiger partial charge in [-0.05, 0) is 5.92 Å². The Morgan fingerprint density at radius 1 is 1.25 bits per heavy atom. The molecule has 3 unspecified atom stereocenters. The molecule has 0 saturated heterocycles. The van der Waals surface area contributed by atoms with E-state index in [1.165, 1.54) is 12.5 Å². The highest BCUT2D eigenvalue weighted by Gasteiger charge is 2.28. The van der Waals surface area contributed by atoms with Gasteiger partial charge in [0.15, 0.2) is 0 Å². The smallest absolute Gasteiger partial charge is 0.326 e. The summed E-state index contributed by atoms with van der Waals surface area (Å²) in [6.45, 7) is 2.91. The van der Waals surface area contributed by atoms with E-state index in [1.807, 2.05) is 0 Å². The van der Waals surface area contributed by atoms with Crippen LogP contribution < -0.4 is 21.7 Å². The maximum absolute atomic E-state index is 12.2. The predicted octanol–water partition coefficient (Wildman–Crippen LogP) is -1.96. The Hall–Kier alpha value is -2.60. The monoisotopic (exact) mass is 414 g/mol. The van der Waals surface area contributed by atoms with Crippen LogP contribution in [0.4, 0.5) is 0 Å². The normalized spacial score (nSPS) is 14.0. The van der Waals surface area contributed by atoms with Gasteiger partial charge >= 0.3 is 5.97 Å². The first-order valence-electron chi connectivity index (χ1n) is 8.59. The number of thiol groups is 1. The van der Waals surface area contributed by atoms with Crippen molar-refractivity contribution in [1.29, 1.82) is 0 Å². The van der Waals surface area contributed by atoms with E-state index >= 15 is 0 Å². The molecule has 0 aliphatic carbocycles. The van der Waals surface area contributed by atoms with Crippen LogP contribution >= 0.6 is 12.6 Å². The molecule has 0 bridgehead atoms. The van der Waals surface area contributed by atoms with Crippen LogP contribution in [0.5, 0.6) is 0 Å². The highest BCUT2D eigenvalue weighted by atomic mass is 32.1. The highest BCUT2D eigenvalue weighted by Crippen LogP contribution is 2.03. The van der Waals surface area contributed by atoms with E-state index in [2.05, 4.69) is 38.5 Å². The van der Waals surface area contributed by atoms with Crippen molar-refractivity contribution in [3.63, 3.8) is 0 Å². The average Bonchev–Trinajstić information content (AvgIpc) is 3.14. The van der Waals surface area contributed by atoms with Gasteiger partial charge in [-0.1, -0.05) is 13.8 Å². The molecule has 3 amide bonds. The van der Waals surface area contributed by atoms with Crippen LogP contribution in [0.1, 0.15) is 19.5 Å². The van der Waals surface area contributed by atoms with E-state index in [4.69, 9.17) is 10.8 Å². The number of nitrogens with zero attached hydrogens (tertiary/aromatic N) is 1. The van der Waals surface area contributed by atoms with Gasteiger partial charge in [0, 0.05) is 24.1 Å². The van der Waals surface area contributed by atoms with Gasteiger partial charge in [0.1, 0.15) is 12.1 Å². The van der Waals surface area contributed by atoms with Crippen molar-refractivity contribution in [2.75, 3.05) is 12.3 Å². The fourth-order valence-corrected chi connectivity index (χ4v) is 2.49. The first-order chi connectivity index (χ1) is 13.1. The Balaban J connectivity index is 2.49. The van der Waals surface area contributed by atoms with Crippen molar-refractivity contribution in [3.05, 3.63) is 18.2 Å². The van der Waals surface area contributed by atoms with E-state index in [0.29, 0.717) is 5.69 Å². The predicted molar refractivity (Wildman–Crippen MR) is 103 cm³/mol. The maximum atomic E-state index is 12.2. The number of aromatic nitrogens is 2. The quantitative estimate of drug-likeness (QED) is 0.205. The third kappa shape index (κ3) is 7.56. The number of hydrogen-bond acceptors (Lipinski definition) is 7. The number of H-pyrrole nitrogens is 1. The standard InChI is InChI=1S/C16H26N6O5S/c1-8(2)13(16(26)27)22-15(25)11(6-28)21-12(23)5-19-14(24)10(17)3-9-4-18-7-20-9/h4,7-8,10-11,13,28H,3,5-6,17H2,1-2H3,(H,18,20)(H,19,24)(H,21,23)(H,22,25)(H,26,27). The van der Waals surface area contributed by atoms with Crippen LogP contribution in [0.3, 0.4) is 0 Å². The van der Waals surface area contributed by atoms with E-state index in [0.717, 1.165) is 0 Å². The molecule has 0 spiro atoms. The third-order valence-corrected chi connectivity index (χ3v) is 4.18. The second-order valence-corrected chi connectivity index (χ2v) is 6.84. The van der Waals surface area contributed by atoms with E-state index in [9.17, 15) is 19.2 Å². The number of nitrogens with one attached hydrogen (secondary N) is 4. The maximum Gasteiger partial charge on any atom is 0.326 e. The first kappa shape index (κ1) is 23.4. The summed E-state index contributed by atoms with van der Waals surface area (Å²) in [5.41, 5.74) is 6.44. The molecular weight excluding hydrogens is 388 g/mol. The molecule has 0 aliphatic rings. The van der Waals surface area contributed by atoms with Gasteiger partial charge in [0.25, 0.3) is 0 Å². The van der Waals surface area contributed by atoms with Gasteiger partial charge < -0.3 is 31.8 Å². The van der Waals surface area contributed by atoms with Crippen LogP contribution in [0, 0.1) is 5.92 Å². The molecule has 1 heterocycles. The number of rotatable bonds is 11. The van der Waals surface area contributed by atoms with Crippen LogP contribution in [-0.2, 0) is 25.6 Å². The summed E-state index contributed by atoms with van der Waals surface area (Å²) in [6, 6.07) is -3.02. The van der Waals surface area contributed by atoms with Crippen molar-refractivity contribution in [2.24, 2.45) is 11.7 Å². The number of aromatic amines is 1. The van der Waals surface area contributed by atoms with Gasteiger partial charge in [-0.2, -0.15) is 12.6 Å². The van der Waals surface area contributed by atoms with E-state index in [1.54, 1.807) is 13.8 Å². The Bertz CT molecular complexity index is 681. The summed E-state index contributed by atoms with van der Waals surface area (Å²) in [5.74, 6) is -3.41. The molecule has 12 heteroatoms. The number of carbonyl (C=O) groups excluding carboxylic acids is 3. The molecule has 156 valence electrons. The van der Waals surface area contributed by atoms with Crippen LogP contribution in [0.15, 0.2) is 12.5 Å². The largest absolute Gasteiger partial charge is 0.480 e. The van der Waals surface area contributed by atoms with Crippen molar-refractivity contribution < 1.29 is 24.3 Å². The van der Waals surface area contributed by atoms with E-state index in [-0.39, 0.29) is 24.6 Å². The molecule has 0 fully saturated rings. The molecular formula is C16H26N6O5S. The fraction of sp³-hybridized carbons (Fsp3) is 0.562. The Morgan fingerprint density at radius 2 is 1.93 bits per heavy atom. The number of aliphatic carboxylic acids is 1. The van der Waals surface area contributed by atoms with Gasteiger partial charge in [-0.25, -0.2) is 9.78 Å². The van der Waals surface area contributed by atoms with Crippen molar-refractivity contribution in [1.82, 2.24) is 25.9 Å². The summed E-state index contributed by atoms with van der Waals surface area (Å²) in [4.78, 5) is 54.0. The minimum absolute atomic E-state index is 0.0463. The second-order valence-electron chi connectivity index (χ2n) is 6.48. The number of imidazole rings is 1.